The summed E-state index contributed by atoms with van der Waals surface area (Å²) in [5, 5.41) is 19.7. The summed E-state index contributed by atoms with van der Waals surface area (Å²) in [5.41, 5.74) is 2.10. The van der Waals surface area contributed by atoms with E-state index >= 15 is 0 Å². The minimum absolute atomic E-state index is 0.236. The van der Waals surface area contributed by atoms with E-state index in [1.54, 1.807) is 0 Å². The SMILES string of the molecule is CC[C@@H](O)c1ccc(N2CCC(C)C(O)C2)cc1. The molecule has 2 unspecified atom stereocenters. The van der Waals surface area contributed by atoms with Gasteiger partial charge in [-0.1, -0.05) is 26.0 Å². The van der Waals surface area contributed by atoms with Gasteiger partial charge in [0, 0.05) is 18.8 Å². The zero-order valence-electron chi connectivity index (χ0n) is 11.2. The van der Waals surface area contributed by atoms with Crippen molar-refractivity contribution < 1.29 is 10.2 Å². The summed E-state index contributed by atoms with van der Waals surface area (Å²) >= 11 is 0. The number of aliphatic hydroxyl groups excluding tert-OH is 2. The largest absolute Gasteiger partial charge is 0.391 e. The van der Waals surface area contributed by atoms with E-state index in [1.165, 1.54) is 0 Å². The highest BCUT2D eigenvalue weighted by Crippen LogP contribution is 2.25. The molecule has 2 rings (SSSR count). The van der Waals surface area contributed by atoms with Crippen LogP contribution in [0, 0.1) is 5.92 Å². The maximum Gasteiger partial charge on any atom is 0.0787 e. The standard InChI is InChI=1S/C15H23NO2/c1-3-14(17)12-4-6-13(7-5-12)16-9-8-11(2)15(18)10-16/h4-7,11,14-15,17-18H,3,8-10H2,1-2H3/t11?,14-,15?/m1/s1. The number of anilines is 1. The molecule has 0 aromatic heterocycles. The molecule has 1 fully saturated rings. The van der Waals surface area contributed by atoms with Crippen LogP contribution < -0.4 is 4.90 Å². The van der Waals surface area contributed by atoms with E-state index in [1.807, 2.05) is 31.2 Å². The van der Waals surface area contributed by atoms with Crippen molar-refractivity contribution in [2.24, 2.45) is 5.92 Å². The summed E-state index contributed by atoms with van der Waals surface area (Å²) in [6.45, 7) is 5.77. The van der Waals surface area contributed by atoms with Crippen LogP contribution in [0.25, 0.3) is 0 Å². The summed E-state index contributed by atoms with van der Waals surface area (Å²) in [6, 6.07) is 8.04. The Morgan fingerprint density at radius 2 is 2.00 bits per heavy atom. The van der Waals surface area contributed by atoms with Crippen molar-refractivity contribution in [3.63, 3.8) is 0 Å². The fraction of sp³-hybridized carbons (Fsp3) is 0.600. The summed E-state index contributed by atoms with van der Waals surface area (Å²) in [7, 11) is 0. The minimum atomic E-state index is -0.369. The van der Waals surface area contributed by atoms with Gasteiger partial charge in [0.25, 0.3) is 0 Å². The second-order valence-corrected chi connectivity index (χ2v) is 5.29. The lowest BCUT2D eigenvalue weighted by molar-refractivity contribution is 0.103. The first-order valence-electron chi connectivity index (χ1n) is 6.83. The van der Waals surface area contributed by atoms with Gasteiger partial charge in [-0.25, -0.2) is 0 Å². The number of hydrogen-bond donors (Lipinski definition) is 2. The maximum absolute atomic E-state index is 9.91. The Balaban J connectivity index is 2.06. The van der Waals surface area contributed by atoms with Gasteiger partial charge >= 0.3 is 0 Å². The van der Waals surface area contributed by atoms with Crippen LogP contribution in [0.3, 0.4) is 0 Å². The molecular weight excluding hydrogens is 226 g/mol. The molecule has 18 heavy (non-hydrogen) atoms. The van der Waals surface area contributed by atoms with Gasteiger partial charge in [0.05, 0.1) is 12.2 Å². The van der Waals surface area contributed by atoms with Crippen molar-refractivity contribution in [2.45, 2.75) is 38.9 Å². The number of benzene rings is 1. The van der Waals surface area contributed by atoms with Crippen LogP contribution in [-0.2, 0) is 0 Å². The van der Waals surface area contributed by atoms with E-state index in [-0.39, 0.29) is 12.2 Å². The van der Waals surface area contributed by atoms with Crippen molar-refractivity contribution in [3.8, 4) is 0 Å². The van der Waals surface area contributed by atoms with E-state index in [4.69, 9.17) is 0 Å². The van der Waals surface area contributed by atoms with Gasteiger partial charge in [0.1, 0.15) is 0 Å². The third-order valence-corrected chi connectivity index (χ3v) is 3.95. The van der Waals surface area contributed by atoms with Gasteiger partial charge in [-0.3, -0.25) is 0 Å². The Labute approximate surface area is 109 Å². The van der Waals surface area contributed by atoms with Crippen molar-refractivity contribution in [3.05, 3.63) is 29.8 Å². The molecule has 1 aromatic carbocycles. The molecule has 0 amide bonds. The molecule has 0 spiro atoms. The molecule has 3 nitrogen and oxygen atoms in total. The van der Waals surface area contributed by atoms with Gasteiger partial charge in [-0.15, -0.1) is 0 Å². The summed E-state index contributed by atoms with van der Waals surface area (Å²) in [6.07, 6.45) is 1.16. The Hall–Kier alpha value is -1.06. The highest BCUT2D eigenvalue weighted by atomic mass is 16.3. The second kappa shape index (κ2) is 5.72. The van der Waals surface area contributed by atoms with Crippen molar-refractivity contribution >= 4 is 5.69 Å². The molecule has 1 heterocycles. The quantitative estimate of drug-likeness (QED) is 0.864. The van der Waals surface area contributed by atoms with Gasteiger partial charge in [-0.05, 0) is 36.5 Å². The molecule has 0 bridgehead atoms. The molecule has 0 aliphatic carbocycles. The number of nitrogens with zero attached hydrogens (tertiary/aromatic N) is 1. The molecule has 1 aliphatic rings. The average Bonchev–Trinajstić information content (AvgIpc) is 2.41. The lowest BCUT2D eigenvalue weighted by atomic mass is 9.95. The first-order valence-corrected chi connectivity index (χ1v) is 6.83. The van der Waals surface area contributed by atoms with Crippen LogP contribution in [0.5, 0.6) is 0 Å². The number of hydrogen-bond acceptors (Lipinski definition) is 3. The van der Waals surface area contributed by atoms with E-state index in [0.717, 1.165) is 30.6 Å². The lowest BCUT2D eigenvalue weighted by Gasteiger charge is -2.36. The van der Waals surface area contributed by atoms with Crippen LogP contribution in [0.2, 0.25) is 0 Å². The Morgan fingerprint density at radius 1 is 1.33 bits per heavy atom. The van der Waals surface area contributed by atoms with Crippen LogP contribution in [0.4, 0.5) is 5.69 Å². The molecule has 3 atom stereocenters. The smallest absolute Gasteiger partial charge is 0.0787 e. The molecule has 100 valence electrons. The van der Waals surface area contributed by atoms with Crippen LogP contribution in [-0.4, -0.2) is 29.4 Å². The highest BCUT2D eigenvalue weighted by Gasteiger charge is 2.24. The number of aliphatic hydroxyl groups is 2. The van der Waals surface area contributed by atoms with E-state index in [0.29, 0.717) is 12.5 Å². The van der Waals surface area contributed by atoms with Gasteiger partial charge in [0.2, 0.25) is 0 Å². The zero-order valence-corrected chi connectivity index (χ0v) is 11.2. The molecule has 1 aliphatic heterocycles. The zero-order chi connectivity index (χ0) is 13.1. The monoisotopic (exact) mass is 249 g/mol. The first-order chi connectivity index (χ1) is 8.61. The van der Waals surface area contributed by atoms with Crippen molar-refractivity contribution in [2.75, 3.05) is 18.0 Å². The lowest BCUT2D eigenvalue weighted by Crippen LogP contribution is -2.42. The van der Waals surface area contributed by atoms with Crippen molar-refractivity contribution in [1.29, 1.82) is 0 Å². The number of β-amino-alcohol motifs (C(OH)–C–C–N with tert-alkyl or cyclic N) is 1. The molecular formula is C15H23NO2. The van der Waals surface area contributed by atoms with E-state index < -0.39 is 0 Å². The summed E-state index contributed by atoms with van der Waals surface area (Å²) < 4.78 is 0. The predicted octanol–water partition coefficient (Wildman–Crippen LogP) is 2.34. The van der Waals surface area contributed by atoms with Gasteiger partial charge < -0.3 is 15.1 Å². The minimum Gasteiger partial charge on any atom is -0.391 e. The fourth-order valence-corrected chi connectivity index (χ4v) is 2.43. The fourth-order valence-electron chi connectivity index (χ4n) is 2.43. The van der Waals surface area contributed by atoms with Crippen LogP contribution in [0.1, 0.15) is 38.4 Å². The Morgan fingerprint density at radius 3 is 2.56 bits per heavy atom. The molecule has 0 radical (unpaired) electrons. The summed E-state index contributed by atoms with van der Waals surface area (Å²) in [4.78, 5) is 2.22. The van der Waals surface area contributed by atoms with Crippen LogP contribution in [0.15, 0.2) is 24.3 Å². The van der Waals surface area contributed by atoms with Gasteiger partial charge in [-0.2, -0.15) is 0 Å². The predicted molar refractivity (Wildman–Crippen MR) is 73.7 cm³/mol. The van der Waals surface area contributed by atoms with Crippen molar-refractivity contribution in [1.82, 2.24) is 0 Å². The Bertz CT molecular complexity index is 377. The molecule has 0 saturated carbocycles. The second-order valence-electron chi connectivity index (χ2n) is 5.29. The molecule has 3 heteroatoms. The third kappa shape index (κ3) is 2.85. The first kappa shape index (κ1) is 13.4. The highest BCUT2D eigenvalue weighted by molar-refractivity contribution is 5.48. The maximum atomic E-state index is 9.91. The molecule has 1 saturated heterocycles. The Kier molecular flexibility index (Phi) is 4.25. The van der Waals surface area contributed by atoms with E-state index in [2.05, 4.69) is 11.8 Å². The van der Waals surface area contributed by atoms with Gasteiger partial charge in [0.15, 0.2) is 0 Å². The molecule has 2 N–H and O–H groups in total. The number of rotatable bonds is 3. The third-order valence-electron chi connectivity index (χ3n) is 3.95. The average molecular weight is 249 g/mol. The van der Waals surface area contributed by atoms with E-state index in [9.17, 15) is 10.2 Å². The summed E-state index contributed by atoms with van der Waals surface area (Å²) in [5.74, 6) is 0.391. The topological polar surface area (TPSA) is 43.7 Å². The number of piperidine rings is 1. The van der Waals surface area contributed by atoms with Crippen LogP contribution >= 0.6 is 0 Å². The normalized spacial score (nSPS) is 26.1. The molecule has 1 aromatic rings.